The summed E-state index contributed by atoms with van der Waals surface area (Å²) in [5.41, 5.74) is 4.54. The van der Waals surface area contributed by atoms with Crippen LogP contribution in [0.4, 0.5) is 0 Å². The number of aromatic amines is 1. The molecule has 1 aliphatic rings. The summed E-state index contributed by atoms with van der Waals surface area (Å²) in [6, 6.07) is 17.9. The minimum Gasteiger partial charge on any atom is -0.388 e. The van der Waals surface area contributed by atoms with Crippen molar-refractivity contribution in [1.82, 2.24) is 9.88 Å². The molecule has 0 unspecified atom stereocenters. The number of H-pyrrole nitrogens is 1. The molecular formula is C21H22N2O2S. The van der Waals surface area contributed by atoms with E-state index in [9.17, 15) is 9.90 Å². The molecule has 1 aromatic heterocycles. The summed E-state index contributed by atoms with van der Waals surface area (Å²) in [6.45, 7) is 1.42. The Kier molecular flexibility index (Phi) is 5.00. The maximum absolute atomic E-state index is 12.6. The van der Waals surface area contributed by atoms with Crippen molar-refractivity contribution in [2.45, 2.75) is 19.1 Å². The Morgan fingerprint density at radius 3 is 2.77 bits per heavy atom. The molecule has 2 N–H and O–H groups in total. The fourth-order valence-electron chi connectivity index (χ4n) is 3.50. The second-order valence-electron chi connectivity index (χ2n) is 6.63. The smallest absolute Gasteiger partial charge is 0.232 e. The number of carbonyl (C=O) groups is 1. The van der Waals surface area contributed by atoms with Crippen LogP contribution in [0, 0.1) is 0 Å². The first kappa shape index (κ1) is 17.2. The number of thioether (sulfide) groups is 1. The Balaban J connectivity index is 1.34. The first-order valence-electron chi connectivity index (χ1n) is 8.89. The van der Waals surface area contributed by atoms with Gasteiger partial charge in [-0.15, -0.1) is 11.8 Å². The number of aliphatic hydroxyl groups excluding tert-OH is 1. The van der Waals surface area contributed by atoms with Crippen LogP contribution >= 0.6 is 11.8 Å². The van der Waals surface area contributed by atoms with Gasteiger partial charge in [0.25, 0.3) is 0 Å². The van der Waals surface area contributed by atoms with Crippen LogP contribution in [-0.2, 0) is 17.8 Å². The summed E-state index contributed by atoms with van der Waals surface area (Å²) < 4.78 is 0. The second-order valence-corrected chi connectivity index (χ2v) is 7.66. The lowest BCUT2D eigenvalue weighted by Gasteiger charge is -2.27. The van der Waals surface area contributed by atoms with Gasteiger partial charge in [0, 0.05) is 47.4 Å². The van der Waals surface area contributed by atoms with E-state index in [2.05, 4.69) is 17.1 Å². The zero-order chi connectivity index (χ0) is 17.9. The molecule has 4 nitrogen and oxygen atoms in total. The molecule has 1 atom stereocenters. The largest absolute Gasteiger partial charge is 0.388 e. The first-order valence-corrected chi connectivity index (χ1v) is 10.0. The summed E-state index contributed by atoms with van der Waals surface area (Å²) in [7, 11) is 0. The van der Waals surface area contributed by atoms with Crippen molar-refractivity contribution in [3.63, 3.8) is 0 Å². The molecular weight excluding hydrogens is 344 g/mol. The van der Waals surface area contributed by atoms with Gasteiger partial charge in [-0.2, -0.15) is 0 Å². The lowest BCUT2D eigenvalue weighted by molar-refractivity contribution is -0.129. The van der Waals surface area contributed by atoms with Gasteiger partial charge < -0.3 is 15.0 Å². The maximum atomic E-state index is 12.6. The Hall–Kier alpha value is -2.24. The normalized spacial score (nSPS) is 15.0. The van der Waals surface area contributed by atoms with Gasteiger partial charge >= 0.3 is 0 Å². The number of para-hydroxylation sites is 1. The Morgan fingerprint density at radius 2 is 1.92 bits per heavy atom. The number of nitrogens with one attached hydrogen (secondary N) is 1. The van der Waals surface area contributed by atoms with E-state index in [1.165, 1.54) is 28.4 Å². The number of hydrogen-bond donors (Lipinski definition) is 2. The van der Waals surface area contributed by atoms with Gasteiger partial charge in [0.05, 0.1) is 11.9 Å². The Bertz CT molecular complexity index is 907. The first-order chi connectivity index (χ1) is 12.7. The fraction of sp³-hybridized carbons (Fsp3) is 0.286. The van der Waals surface area contributed by atoms with Gasteiger partial charge in [0.2, 0.25) is 5.91 Å². The van der Waals surface area contributed by atoms with Crippen LogP contribution in [0.2, 0.25) is 0 Å². The van der Waals surface area contributed by atoms with Crippen molar-refractivity contribution in [1.29, 1.82) is 0 Å². The van der Waals surface area contributed by atoms with Crippen LogP contribution in [0.5, 0.6) is 0 Å². The topological polar surface area (TPSA) is 56.3 Å². The summed E-state index contributed by atoms with van der Waals surface area (Å²) in [5, 5.41) is 11.4. The highest BCUT2D eigenvalue weighted by molar-refractivity contribution is 7.99. The molecule has 5 heteroatoms. The third-order valence-corrected chi connectivity index (χ3v) is 5.92. The SMILES string of the molecule is O=C(CSC[C@H](O)c1ccccc1)N1CCc2[nH]c3ccccc3c2C1. The van der Waals surface area contributed by atoms with Crippen molar-refractivity contribution in [2.75, 3.05) is 18.1 Å². The van der Waals surface area contributed by atoms with E-state index < -0.39 is 6.10 Å². The average molecular weight is 366 g/mol. The lowest BCUT2D eigenvalue weighted by Crippen LogP contribution is -2.37. The molecule has 1 amide bonds. The molecule has 1 aliphatic heterocycles. The van der Waals surface area contributed by atoms with Gasteiger partial charge in [-0.3, -0.25) is 4.79 Å². The number of rotatable bonds is 5. The molecule has 4 rings (SSSR count). The molecule has 134 valence electrons. The minimum atomic E-state index is -0.532. The van der Waals surface area contributed by atoms with Gasteiger partial charge in [-0.1, -0.05) is 48.5 Å². The van der Waals surface area contributed by atoms with Gasteiger partial charge in [-0.05, 0) is 11.6 Å². The molecule has 0 radical (unpaired) electrons. The van der Waals surface area contributed by atoms with Crippen LogP contribution in [0.1, 0.15) is 22.9 Å². The number of amides is 1. The molecule has 2 heterocycles. The van der Waals surface area contributed by atoms with E-state index in [4.69, 9.17) is 0 Å². The van der Waals surface area contributed by atoms with Crippen molar-refractivity contribution >= 4 is 28.6 Å². The summed E-state index contributed by atoms with van der Waals surface area (Å²) in [5.74, 6) is 1.08. The molecule has 0 fully saturated rings. The van der Waals surface area contributed by atoms with Crippen molar-refractivity contribution in [3.8, 4) is 0 Å². The maximum Gasteiger partial charge on any atom is 0.232 e. The van der Waals surface area contributed by atoms with E-state index in [1.807, 2.05) is 47.4 Å². The highest BCUT2D eigenvalue weighted by Crippen LogP contribution is 2.28. The summed E-state index contributed by atoms with van der Waals surface area (Å²) in [4.78, 5) is 18.0. The number of aromatic nitrogens is 1. The van der Waals surface area contributed by atoms with Gasteiger partial charge in [0.15, 0.2) is 0 Å². The van der Waals surface area contributed by atoms with E-state index in [0.717, 1.165) is 24.0 Å². The van der Waals surface area contributed by atoms with Crippen LogP contribution in [0.15, 0.2) is 54.6 Å². The lowest BCUT2D eigenvalue weighted by atomic mass is 10.0. The molecule has 3 aromatic rings. The number of aliphatic hydroxyl groups is 1. The van der Waals surface area contributed by atoms with E-state index >= 15 is 0 Å². The average Bonchev–Trinajstić information content (AvgIpc) is 3.06. The number of hydrogen-bond acceptors (Lipinski definition) is 3. The molecule has 0 saturated carbocycles. The molecule has 2 aromatic carbocycles. The molecule has 0 bridgehead atoms. The monoisotopic (exact) mass is 366 g/mol. The molecule has 0 spiro atoms. The molecule has 0 saturated heterocycles. The zero-order valence-corrected chi connectivity index (χ0v) is 15.3. The second kappa shape index (κ2) is 7.56. The summed E-state index contributed by atoms with van der Waals surface area (Å²) >= 11 is 1.50. The molecule has 26 heavy (non-hydrogen) atoms. The van der Waals surface area contributed by atoms with E-state index in [0.29, 0.717) is 18.1 Å². The standard InChI is InChI=1S/C21H22N2O2S/c24-20(15-6-2-1-3-7-15)13-26-14-21(25)23-11-10-19-17(12-23)16-8-4-5-9-18(16)22-19/h1-9,20,22,24H,10-14H2/t20-/m0/s1. The predicted octanol–water partition coefficient (Wildman–Crippen LogP) is 3.52. The number of carbonyl (C=O) groups excluding carboxylic acids is 1. The Labute approximate surface area is 157 Å². The summed E-state index contributed by atoms with van der Waals surface area (Å²) in [6.07, 6.45) is 0.336. The quantitative estimate of drug-likeness (QED) is 0.726. The van der Waals surface area contributed by atoms with Crippen molar-refractivity contribution < 1.29 is 9.90 Å². The zero-order valence-electron chi connectivity index (χ0n) is 14.5. The predicted molar refractivity (Wildman–Crippen MR) is 106 cm³/mol. The van der Waals surface area contributed by atoms with Gasteiger partial charge in [0.1, 0.15) is 0 Å². The number of nitrogens with zero attached hydrogens (tertiary/aromatic N) is 1. The van der Waals surface area contributed by atoms with Crippen molar-refractivity contribution in [3.05, 3.63) is 71.4 Å². The van der Waals surface area contributed by atoms with Crippen LogP contribution in [0.3, 0.4) is 0 Å². The van der Waals surface area contributed by atoms with Gasteiger partial charge in [-0.25, -0.2) is 0 Å². The number of fused-ring (bicyclic) bond motifs is 3. The fourth-order valence-corrected chi connectivity index (χ4v) is 4.39. The van der Waals surface area contributed by atoms with Crippen molar-refractivity contribution in [2.24, 2.45) is 0 Å². The highest BCUT2D eigenvalue weighted by Gasteiger charge is 2.23. The minimum absolute atomic E-state index is 0.145. The number of benzene rings is 2. The third kappa shape index (κ3) is 3.50. The van der Waals surface area contributed by atoms with Crippen LogP contribution in [0.25, 0.3) is 10.9 Å². The van der Waals surface area contributed by atoms with E-state index in [1.54, 1.807) is 0 Å². The third-order valence-electron chi connectivity index (χ3n) is 4.92. The molecule has 0 aliphatic carbocycles. The van der Waals surface area contributed by atoms with Crippen LogP contribution < -0.4 is 0 Å². The van der Waals surface area contributed by atoms with Crippen LogP contribution in [-0.4, -0.2) is 38.9 Å². The van der Waals surface area contributed by atoms with E-state index in [-0.39, 0.29) is 5.91 Å². The Morgan fingerprint density at radius 1 is 1.15 bits per heavy atom. The highest BCUT2D eigenvalue weighted by atomic mass is 32.2.